The summed E-state index contributed by atoms with van der Waals surface area (Å²) in [7, 11) is 1.69. The fourth-order valence-electron chi connectivity index (χ4n) is 3.24. The van der Waals surface area contributed by atoms with E-state index in [0.29, 0.717) is 6.61 Å². The SMILES string of the molecule is COc1ccc(CC(C)N)cc1COc1ccc2c(c1)CCC2. The van der Waals surface area contributed by atoms with E-state index >= 15 is 0 Å². The number of rotatable bonds is 6. The molecule has 0 saturated heterocycles. The maximum Gasteiger partial charge on any atom is 0.125 e. The molecule has 0 aromatic heterocycles. The van der Waals surface area contributed by atoms with Crippen LogP contribution in [0.3, 0.4) is 0 Å². The van der Waals surface area contributed by atoms with Crippen LogP contribution in [0.15, 0.2) is 36.4 Å². The highest BCUT2D eigenvalue weighted by atomic mass is 16.5. The molecule has 0 fully saturated rings. The highest BCUT2D eigenvalue weighted by molar-refractivity contribution is 5.40. The van der Waals surface area contributed by atoms with Crippen LogP contribution in [0.2, 0.25) is 0 Å². The minimum Gasteiger partial charge on any atom is -0.496 e. The molecule has 23 heavy (non-hydrogen) atoms. The highest BCUT2D eigenvalue weighted by Crippen LogP contribution is 2.27. The van der Waals surface area contributed by atoms with Crippen molar-refractivity contribution in [2.45, 2.75) is 45.3 Å². The molecule has 0 aliphatic heterocycles. The maximum absolute atomic E-state index is 6.01. The van der Waals surface area contributed by atoms with Crippen molar-refractivity contribution in [2.24, 2.45) is 5.73 Å². The predicted octanol–water partition coefficient (Wildman–Crippen LogP) is 3.65. The zero-order chi connectivity index (χ0) is 16.2. The fraction of sp³-hybridized carbons (Fsp3) is 0.400. The molecule has 2 aromatic rings. The Morgan fingerprint density at radius 1 is 1.09 bits per heavy atom. The number of ether oxygens (including phenoxy) is 2. The molecule has 2 N–H and O–H groups in total. The zero-order valence-electron chi connectivity index (χ0n) is 14.0. The molecule has 1 aliphatic rings. The molecule has 0 radical (unpaired) electrons. The number of methoxy groups -OCH3 is 1. The summed E-state index contributed by atoms with van der Waals surface area (Å²) in [5.41, 5.74) is 11.1. The number of nitrogens with two attached hydrogens (primary N) is 1. The maximum atomic E-state index is 6.01. The summed E-state index contributed by atoms with van der Waals surface area (Å²) in [6, 6.07) is 12.8. The third kappa shape index (κ3) is 3.85. The monoisotopic (exact) mass is 311 g/mol. The lowest BCUT2D eigenvalue weighted by Crippen LogP contribution is -2.17. The number of hydrogen-bond donors (Lipinski definition) is 1. The molecule has 3 heteroatoms. The molecule has 0 heterocycles. The van der Waals surface area contributed by atoms with Crippen LogP contribution in [0.25, 0.3) is 0 Å². The Morgan fingerprint density at radius 3 is 2.70 bits per heavy atom. The van der Waals surface area contributed by atoms with Gasteiger partial charge in [0.2, 0.25) is 0 Å². The van der Waals surface area contributed by atoms with Gasteiger partial charge >= 0.3 is 0 Å². The van der Waals surface area contributed by atoms with E-state index in [1.807, 2.05) is 13.0 Å². The minimum atomic E-state index is 0.147. The number of fused-ring (bicyclic) bond motifs is 1. The van der Waals surface area contributed by atoms with Crippen LogP contribution >= 0.6 is 0 Å². The highest BCUT2D eigenvalue weighted by Gasteiger charge is 2.12. The van der Waals surface area contributed by atoms with E-state index in [-0.39, 0.29) is 6.04 Å². The first-order valence-corrected chi connectivity index (χ1v) is 8.31. The normalized spacial score (nSPS) is 14.4. The van der Waals surface area contributed by atoms with Crippen LogP contribution in [0.5, 0.6) is 11.5 Å². The number of hydrogen-bond acceptors (Lipinski definition) is 3. The Labute approximate surface area is 138 Å². The van der Waals surface area contributed by atoms with Crippen molar-refractivity contribution in [3.8, 4) is 11.5 Å². The molecule has 1 unspecified atom stereocenters. The van der Waals surface area contributed by atoms with Crippen molar-refractivity contribution < 1.29 is 9.47 Å². The summed E-state index contributed by atoms with van der Waals surface area (Å²) < 4.78 is 11.5. The first kappa shape index (κ1) is 15.9. The minimum absolute atomic E-state index is 0.147. The third-order valence-electron chi connectivity index (χ3n) is 4.37. The quantitative estimate of drug-likeness (QED) is 0.885. The molecule has 0 spiro atoms. The van der Waals surface area contributed by atoms with Crippen LogP contribution in [0.1, 0.15) is 35.6 Å². The summed E-state index contributed by atoms with van der Waals surface area (Å²) in [6.45, 7) is 2.53. The van der Waals surface area contributed by atoms with Crippen LogP contribution in [-0.4, -0.2) is 13.2 Å². The van der Waals surface area contributed by atoms with Crippen molar-refractivity contribution in [3.63, 3.8) is 0 Å². The van der Waals surface area contributed by atoms with Gasteiger partial charge in [-0.15, -0.1) is 0 Å². The van der Waals surface area contributed by atoms with Crippen LogP contribution < -0.4 is 15.2 Å². The van der Waals surface area contributed by atoms with Crippen molar-refractivity contribution in [1.29, 1.82) is 0 Å². The van der Waals surface area contributed by atoms with Gasteiger partial charge in [-0.2, -0.15) is 0 Å². The Kier molecular flexibility index (Phi) is 4.87. The first-order valence-electron chi connectivity index (χ1n) is 8.31. The number of aryl methyl sites for hydroxylation is 2. The van der Waals surface area contributed by atoms with Gasteiger partial charge in [0.15, 0.2) is 0 Å². The summed E-state index contributed by atoms with van der Waals surface area (Å²) in [5.74, 6) is 1.80. The van der Waals surface area contributed by atoms with Crippen molar-refractivity contribution in [3.05, 3.63) is 58.7 Å². The van der Waals surface area contributed by atoms with E-state index in [0.717, 1.165) is 23.5 Å². The van der Waals surface area contributed by atoms with E-state index in [9.17, 15) is 0 Å². The molecular formula is C20H25NO2. The predicted molar refractivity (Wildman–Crippen MR) is 93.1 cm³/mol. The Balaban J connectivity index is 1.73. The van der Waals surface area contributed by atoms with Crippen molar-refractivity contribution in [1.82, 2.24) is 0 Å². The summed E-state index contributed by atoms with van der Waals surface area (Å²) in [6.07, 6.45) is 4.48. The molecule has 0 saturated carbocycles. The van der Waals surface area contributed by atoms with E-state index < -0.39 is 0 Å². The van der Waals surface area contributed by atoms with Crippen LogP contribution in [0, 0.1) is 0 Å². The van der Waals surface area contributed by atoms with Crippen molar-refractivity contribution in [2.75, 3.05) is 7.11 Å². The summed E-state index contributed by atoms with van der Waals surface area (Å²) in [4.78, 5) is 0. The summed E-state index contributed by atoms with van der Waals surface area (Å²) >= 11 is 0. The van der Waals surface area contributed by atoms with E-state index in [2.05, 4.69) is 30.3 Å². The van der Waals surface area contributed by atoms with Gasteiger partial charge in [-0.1, -0.05) is 12.1 Å². The lowest BCUT2D eigenvalue weighted by molar-refractivity contribution is 0.296. The van der Waals surface area contributed by atoms with E-state index in [4.69, 9.17) is 15.2 Å². The van der Waals surface area contributed by atoms with Gasteiger partial charge in [0.25, 0.3) is 0 Å². The second-order valence-corrected chi connectivity index (χ2v) is 6.40. The second kappa shape index (κ2) is 7.05. The molecule has 122 valence electrons. The molecular weight excluding hydrogens is 286 g/mol. The molecule has 3 rings (SSSR count). The topological polar surface area (TPSA) is 44.5 Å². The third-order valence-corrected chi connectivity index (χ3v) is 4.37. The van der Waals surface area contributed by atoms with E-state index in [1.54, 1.807) is 7.11 Å². The smallest absolute Gasteiger partial charge is 0.125 e. The fourth-order valence-corrected chi connectivity index (χ4v) is 3.24. The second-order valence-electron chi connectivity index (χ2n) is 6.40. The van der Waals surface area contributed by atoms with Crippen LogP contribution in [0.4, 0.5) is 0 Å². The van der Waals surface area contributed by atoms with Gasteiger partial charge in [0.05, 0.1) is 7.11 Å². The Bertz CT molecular complexity index is 679. The summed E-state index contributed by atoms with van der Waals surface area (Å²) in [5, 5.41) is 0. The molecule has 0 amide bonds. The first-order chi connectivity index (χ1) is 11.2. The van der Waals surface area contributed by atoms with Gasteiger partial charge in [-0.05, 0) is 73.6 Å². The van der Waals surface area contributed by atoms with Gasteiger partial charge in [0, 0.05) is 11.6 Å². The van der Waals surface area contributed by atoms with Gasteiger partial charge < -0.3 is 15.2 Å². The molecule has 2 aromatic carbocycles. The zero-order valence-corrected chi connectivity index (χ0v) is 14.0. The molecule has 3 nitrogen and oxygen atoms in total. The van der Waals surface area contributed by atoms with Gasteiger partial charge in [-0.3, -0.25) is 0 Å². The van der Waals surface area contributed by atoms with Crippen LogP contribution in [-0.2, 0) is 25.9 Å². The molecule has 0 bridgehead atoms. The average molecular weight is 311 g/mol. The Morgan fingerprint density at radius 2 is 1.91 bits per heavy atom. The lowest BCUT2D eigenvalue weighted by Gasteiger charge is -2.14. The van der Waals surface area contributed by atoms with Crippen molar-refractivity contribution >= 4 is 0 Å². The van der Waals surface area contributed by atoms with Gasteiger partial charge in [-0.25, -0.2) is 0 Å². The number of benzene rings is 2. The Hall–Kier alpha value is -2.00. The lowest BCUT2D eigenvalue weighted by atomic mass is 10.0. The molecule has 1 aliphatic carbocycles. The van der Waals surface area contributed by atoms with Gasteiger partial charge in [0.1, 0.15) is 18.1 Å². The van der Waals surface area contributed by atoms with E-state index in [1.165, 1.54) is 36.0 Å². The standard InChI is InChI=1S/C20H25NO2/c1-14(21)10-15-6-9-20(22-2)18(11-15)13-23-19-8-7-16-4-3-5-17(16)12-19/h6-9,11-12,14H,3-5,10,13,21H2,1-2H3. The largest absolute Gasteiger partial charge is 0.496 e. The molecule has 1 atom stereocenters. The average Bonchev–Trinajstić information content (AvgIpc) is 3.00.